The van der Waals surface area contributed by atoms with Crippen molar-refractivity contribution in [2.75, 3.05) is 15.9 Å². The summed E-state index contributed by atoms with van der Waals surface area (Å²) in [6, 6.07) is 11.4. The molecular formula is C18H21FN2O3S. The molecule has 0 heterocycles. The van der Waals surface area contributed by atoms with Crippen LogP contribution in [0.5, 0.6) is 0 Å². The van der Waals surface area contributed by atoms with Crippen molar-refractivity contribution in [3.8, 4) is 0 Å². The van der Waals surface area contributed by atoms with Crippen molar-refractivity contribution < 1.29 is 17.6 Å². The van der Waals surface area contributed by atoms with Crippen LogP contribution in [0.4, 0.5) is 15.8 Å². The van der Waals surface area contributed by atoms with Crippen LogP contribution < -0.4 is 9.62 Å². The van der Waals surface area contributed by atoms with Crippen LogP contribution in [0.25, 0.3) is 0 Å². The summed E-state index contributed by atoms with van der Waals surface area (Å²) in [5.74, 6) is -0.997. The van der Waals surface area contributed by atoms with Crippen LogP contribution in [0, 0.1) is 12.7 Å². The first-order chi connectivity index (χ1) is 11.7. The van der Waals surface area contributed by atoms with Gasteiger partial charge in [-0.3, -0.25) is 9.10 Å². The Labute approximate surface area is 147 Å². The Morgan fingerprint density at radius 2 is 1.84 bits per heavy atom. The minimum absolute atomic E-state index is 0.266. The Hall–Kier alpha value is -2.41. The molecule has 0 unspecified atom stereocenters. The van der Waals surface area contributed by atoms with Crippen LogP contribution in [-0.2, 0) is 14.8 Å². The molecule has 0 spiro atoms. The van der Waals surface area contributed by atoms with Gasteiger partial charge in [0.05, 0.1) is 11.9 Å². The third-order valence-electron chi connectivity index (χ3n) is 3.71. The molecule has 0 aliphatic heterocycles. The number of aryl methyl sites for hydroxylation is 1. The molecule has 2 aromatic rings. The van der Waals surface area contributed by atoms with E-state index in [1.54, 1.807) is 37.3 Å². The van der Waals surface area contributed by atoms with Crippen molar-refractivity contribution in [2.24, 2.45) is 0 Å². The van der Waals surface area contributed by atoms with E-state index in [2.05, 4.69) is 5.32 Å². The monoisotopic (exact) mass is 364 g/mol. The summed E-state index contributed by atoms with van der Waals surface area (Å²) in [6.45, 7) is 3.62. The highest BCUT2D eigenvalue weighted by Crippen LogP contribution is 2.24. The number of sulfonamides is 1. The topological polar surface area (TPSA) is 66.5 Å². The molecule has 1 N–H and O–H groups in total. The second-order valence-electron chi connectivity index (χ2n) is 5.82. The molecule has 0 fully saturated rings. The third kappa shape index (κ3) is 4.79. The van der Waals surface area contributed by atoms with Gasteiger partial charge in [-0.1, -0.05) is 30.7 Å². The molecule has 7 heteroatoms. The van der Waals surface area contributed by atoms with Crippen molar-refractivity contribution in [2.45, 2.75) is 26.3 Å². The largest absolute Gasteiger partial charge is 0.324 e. The van der Waals surface area contributed by atoms with Gasteiger partial charge in [0.2, 0.25) is 15.9 Å². The number of hydrogen-bond acceptors (Lipinski definition) is 3. The normalized spacial score (nSPS) is 12.5. The molecule has 0 saturated carbocycles. The van der Waals surface area contributed by atoms with Gasteiger partial charge in [-0.05, 0) is 43.7 Å². The summed E-state index contributed by atoms with van der Waals surface area (Å²) in [5, 5.41) is 2.58. The van der Waals surface area contributed by atoms with Crippen molar-refractivity contribution in [3.05, 3.63) is 59.9 Å². The predicted octanol–water partition coefficient (Wildman–Crippen LogP) is 3.32. The maximum absolute atomic E-state index is 13.3. The zero-order valence-electron chi connectivity index (χ0n) is 14.4. The fourth-order valence-electron chi connectivity index (χ4n) is 2.54. The van der Waals surface area contributed by atoms with Crippen molar-refractivity contribution in [3.63, 3.8) is 0 Å². The minimum Gasteiger partial charge on any atom is -0.324 e. The lowest BCUT2D eigenvalue weighted by atomic mass is 10.1. The predicted molar refractivity (Wildman–Crippen MR) is 97.6 cm³/mol. The average molecular weight is 364 g/mol. The van der Waals surface area contributed by atoms with Gasteiger partial charge < -0.3 is 5.32 Å². The van der Waals surface area contributed by atoms with Crippen LogP contribution >= 0.6 is 0 Å². The van der Waals surface area contributed by atoms with Crippen molar-refractivity contribution in [1.29, 1.82) is 0 Å². The number of rotatable bonds is 6. The van der Waals surface area contributed by atoms with E-state index in [9.17, 15) is 17.6 Å². The fraction of sp³-hybridized carbons (Fsp3) is 0.278. The molecule has 0 aliphatic rings. The van der Waals surface area contributed by atoms with Gasteiger partial charge in [-0.25, -0.2) is 12.8 Å². The number of anilines is 2. The van der Waals surface area contributed by atoms with E-state index in [1.165, 1.54) is 18.2 Å². The van der Waals surface area contributed by atoms with E-state index in [0.717, 1.165) is 16.1 Å². The van der Waals surface area contributed by atoms with Gasteiger partial charge in [-0.2, -0.15) is 0 Å². The lowest BCUT2D eigenvalue weighted by molar-refractivity contribution is -0.117. The highest BCUT2D eigenvalue weighted by molar-refractivity contribution is 7.92. The maximum Gasteiger partial charge on any atom is 0.248 e. The average Bonchev–Trinajstić information content (AvgIpc) is 2.52. The molecule has 0 aliphatic carbocycles. The Morgan fingerprint density at radius 1 is 1.20 bits per heavy atom. The van der Waals surface area contributed by atoms with Gasteiger partial charge in [0, 0.05) is 5.69 Å². The quantitative estimate of drug-likeness (QED) is 0.855. The molecular weight excluding hydrogens is 343 g/mol. The zero-order chi connectivity index (χ0) is 18.6. The van der Waals surface area contributed by atoms with Gasteiger partial charge >= 0.3 is 0 Å². The first-order valence-corrected chi connectivity index (χ1v) is 9.69. The number of benzene rings is 2. The second kappa shape index (κ2) is 7.65. The number of nitrogens with one attached hydrogen (secondary N) is 1. The molecule has 0 saturated heterocycles. The highest BCUT2D eigenvalue weighted by atomic mass is 32.2. The van der Waals surface area contributed by atoms with E-state index in [0.29, 0.717) is 5.69 Å². The number of nitrogens with zero attached hydrogens (tertiary/aromatic N) is 1. The second-order valence-corrected chi connectivity index (χ2v) is 7.68. The summed E-state index contributed by atoms with van der Waals surface area (Å²) in [4.78, 5) is 12.6. The molecule has 1 atom stereocenters. The van der Waals surface area contributed by atoms with E-state index in [-0.39, 0.29) is 12.1 Å². The number of carbonyl (C=O) groups excluding carboxylic acids is 1. The molecule has 0 bridgehead atoms. The smallest absolute Gasteiger partial charge is 0.248 e. The maximum atomic E-state index is 13.3. The zero-order valence-corrected chi connectivity index (χ0v) is 15.2. The number of hydrogen-bond donors (Lipinski definition) is 1. The molecule has 1 amide bonds. The van der Waals surface area contributed by atoms with E-state index < -0.39 is 27.8 Å². The summed E-state index contributed by atoms with van der Waals surface area (Å²) in [6.07, 6.45) is 1.33. The first kappa shape index (κ1) is 18.9. The van der Waals surface area contributed by atoms with Crippen LogP contribution in [0.2, 0.25) is 0 Å². The van der Waals surface area contributed by atoms with Crippen LogP contribution in [0.15, 0.2) is 48.5 Å². The molecule has 134 valence electrons. The summed E-state index contributed by atoms with van der Waals surface area (Å²) in [7, 11) is -3.69. The van der Waals surface area contributed by atoms with Crippen LogP contribution in [0.3, 0.4) is 0 Å². The van der Waals surface area contributed by atoms with Gasteiger partial charge in [0.25, 0.3) is 0 Å². The molecule has 0 aromatic heterocycles. The van der Waals surface area contributed by atoms with E-state index >= 15 is 0 Å². The van der Waals surface area contributed by atoms with Gasteiger partial charge in [0.15, 0.2) is 0 Å². The molecule has 5 nitrogen and oxygen atoms in total. The summed E-state index contributed by atoms with van der Waals surface area (Å²) < 4.78 is 39.0. The Balaban J connectivity index is 2.36. The number of halogens is 1. The summed E-state index contributed by atoms with van der Waals surface area (Å²) >= 11 is 0. The highest BCUT2D eigenvalue weighted by Gasteiger charge is 2.31. The lowest BCUT2D eigenvalue weighted by Crippen LogP contribution is -2.47. The Kier molecular flexibility index (Phi) is 5.79. The Bertz CT molecular complexity index is 851. The van der Waals surface area contributed by atoms with E-state index in [1.807, 2.05) is 6.92 Å². The van der Waals surface area contributed by atoms with Gasteiger partial charge in [-0.15, -0.1) is 0 Å². The molecule has 2 rings (SSSR count). The fourth-order valence-corrected chi connectivity index (χ4v) is 3.76. The third-order valence-corrected chi connectivity index (χ3v) is 4.89. The Morgan fingerprint density at radius 3 is 2.36 bits per heavy atom. The minimum atomic E-state index is -3.69. The summed E-state index contributed by atoms with van der Waals surface area (Å²) in [5.41, 5.74) is 1.67. The number of carbonyl (C=O) groups is 1. The number of amides is 1. The molecule has 25 heavy (non-hydrogen) atoms. The van der Waals surface area contributed by atoms with Gasteiger partial charge in [0.1, 0.15) is 11.9 Å². The lowest BCUT2D eigenvalue weighted by Gasteiger charge is -2.30. The van der Waals surface area contributed by atoms with Crippen LogP contribution in [0.1, 0.15) is 18.9 Å². The van der Waals surface area contributed by atoms with Crippen molar-refractivity contribution in [1.82, 2.24) is 0 Å². The molecule has 0 radical (unpaired) electrons. The SMILES string of the molecule is CC[C@@H](C(=O)Nc1cccc(F)c1)N(c1ccc(C)cc1)S(C)(=O)=O. The van der Waals surface area contributed by atoms with Crippen molar-refractivity contribution >= 4 is 27.3 Å². The standard InChI is InChI=1S/C18H21FN2O3S/c1-4-17(18(22)20-15-7-5-6-14(19)12-15)21(25(3,23)24)16-10-8-13(2)9-11-16/h5-12,17H,4H2,1-3H3,(H,20,22)/t17-/m0/s1. The van der Waals surface area contributed by atoms with Crippen LogP contribution in [-0.4, -0.2) is 26.6 Å². The first-order valence-electron chi connectivity index (χ1n) is 7.85. The van der Waals surface area contributed by atoms with E-state index in [4.69, 9.17) is 0 Å². The molecule has 2 aromatic carbocycles.